The van der Waals surface area contributed by atoms with Crippen molar-refractivity contribution in [3.8, 4) is 11.4 Å². The maximum Gasteiger partial charge on any atom is 0.416 e. The molecule has 5 rings (SSSR count). The molecule has 3 unspecified atom stereocenters. The van der Waals surface area contributed by atoms with Gasteiger partial charge in [0.15, 0.2) is 5.65 Å². The van der Waals surface area contributed by atoms with Crippen molar-refractivity contribution in [2.75, 3.05) is 6.54 Å². The van der Waals surface area contributed by atoms with Crippen LogP contribution in [0.2, 0.25) is 0 Å². The zero-order chi connectivity index (χ0) is 19.3. The molecule has 8 heteroatoms. The lowest BCUT2D eigenvalue weighted by atomic mass is 9.82. The average Bonchev–Trinajstić information content (AvgIpc) is 3.31. The molecule has 1 aromatic carbocycles. The van der Waals surface area contributed by atoms with E-state index in [1.165, 1.54) is 12.1 Å². The summed E-state index contributed by atoms with van der Waals surface area (Å²) in [6, 6.07) is 9.68. The molecule has 28 heavy (non-hydrogen) atoms. The molecule has 0 bridgehead atoms. The molecule has 1 saturated carbocycles. The molecular formula is C20H20F3N5. The molecule has 0 spiro atoms. The molecule has 0 radical (unpaired) electrons. The van der Waals surface area contributed by atoms with Gasteiger partial charge in [0, 0.05) is 30.4 Å². The fraction of sp³-hybridized carbons (Fsp3) is 0.400. The molecule has 3 aromatic rings. The number of aromatic nitrogens is 3. The number of halogens is 3. The minimum Gasteiger partial charge on any atom is -0.306 e. The van der Waals surface area contributed by atoms with Gasteiger partial charge >= 0.3 is 6.18 Å². The van der Waals surface area contributed by atoms with Crippen LogP contribution in [0.5, 0.6) is 0 Å². The van der Waals surface area contributed by atoms with Gasteiger partial charge in [-0.3, -0.25) is 10.9 Å². The summed E-state index contributed by atoms with van der Waals surface area (Å²) >= 11 is 0. The minimum atomic E-state index is -4.35. The van der Waals surface area contributed by atoms with E-state index < -0.39 is 11.7 Å². The Bertz CT molecular complexity index is 995. The van der Waals surface area contributed by atoms with Crippen LogP contribution in [0.4, 0.5) is 13.2 Å². The predicted molar refractivity (Wildman–Crippen MR) is 99.3 cm³/mol. The van der Waals surface area contributed by atoms with Gasteiger partial charge < -0.3 is 4.57 Å². The van der Waals surface area contributed by atoms with Gasteiger partial charge in [0.05, 0.1) is 5.56 Å². The van der Waals surface area contributed by atoms with E-state index in [1.54, 1.807) is 6.20 Å². The molecule has 2 N–H and O–H groups in total. The normalized spacial score (nSPS) is 25.2. The average molecular weight is 387 g/mol. The third-order valence-electron chi connectivity index (χ3n) is 5.89. The highest BCUT2D eigenvalue weighted by Gasteiger charge is 2.36. The van der Waals surface area contributed by atoms with Crippen molar-refractivity contribution < 1.29 is 13.2 Å². The standard InChI is InChI=1S/C20H20F3N5/c21-20(22,23)14-5-3-12(4-6-14)18-26-17-2-1-9-24-19(17)28(18)15-7-8-16-13(10-15)11-25-27-16/h1-6,9,13,15-16,25,27H,7-8,10-11H2. The smallest absolute Gasteiger partial charge is 0.306 e. The van der Waals surface area contributed by atoms with Crippen LogP contribution < -0.4 is 10.9 Å². The summed E-state index contributed by atoms with van der Waals surface area (Å²) < 4.78 is 41.0. The van der Waals surface area contributed by atoms with E-state index in [-0.39, 0.29) is 6.04 Å². The van der Waals surface area contributed by atoms with Gasteiger partial charge in [-0.1, -0.05) is 12.1 Å². The third-order valence-corrected chi connectivity index (χ3v) is 5.89. The van der Waals surface area contributed by atoms with Gasteiger partial charge in [-0.2, -0.15) is 13.2 Å². The number of nitrogens with one attached hydrogen (secondary N) is 2. The summed E-state index contributed by atoms with van der Waals surface area (Å²) in [5, 5.41) is 0. The first-order valence-corrected chi connectivity index (χ1v) is 9.49. The highest BCUT2D eigenvalue weighted by atomic mass is 19.4. The SMILES string of the molecule is FC(F)(F)c1ccc(-c2nc3cccnc3n2C2CCC3NNCC3C2)cc1. The van der Waals surface area contributed by atoms with Crippen molar-refractivity contribution in [3.63, 3.8) is 0 Å². The van der Waals surface area contributed by atoms with E-state index in [9.17, 15) is 13.2 Å². The van der Waals surface area contributed by atoms with Gasteiger partial charge in [-0.15, -0.1) is 0 Å². The number of benzene rings is 1. The fourth-order valence-electron chi connectivity index (χ4n) is 4.50. The number of rotatable bonds is 2. The predicted octanol–water partition coefficient (Wildman–Crippen LogP) is 3.93. The maximum atomic E-state index is 12.9. The maximum absolute atomic E-state index is 12.9. The Hall–Kier alpha value is -2.45. The molecule has 3 heterocycles. The highest BCUT2D eigenvalue weighted by molar-refractivity contribution is 5.77. The summed E-state index contributed by atoms with van der Waals surface area (Å²) in [6.45, 7) is 0.927. The van der Waals surface area contributed by atoms with Crippen LogP contribution in [0.25, 0.3) is 22.6 Å². The van der Waals surface area contributed by atoms with Crippen molar-refractivity contribution >= 4 is 11.2 Å². The Labute approximate surface area is 160 Å². The summed E-state index contributed by atoms with van der Waals surface area (Å²) in [6.07, 6.45) is 0.398. The van der Waals surface area contributed by atoms with Gasteiger partial charge in [-0.25, -0.2) is 9.97 Å². The van der Waals surface area contributed by atoms with E-state index in [0.717, 1.165) is 49.1 Å². The van der Waals surface area contributed by atoms with E-state index in [0.29, 0.717) is 23.3 Å². The van der Waals surface area contributed by atoms with E-state index in [2.05, 4.69) is 20.4 Å². The van der Waals surface area contributed by atoms with Gasteiger partial charge in [-0.05, 0) is 49.4 Å². The van der Waals surface area contributed by atoms with Crippen molar-refractivity contribution in [2.45, 2.75) is 37.5 Å². The topological polar surface area (TPSA) is 54.8 Å². The number of fused-ring (bicyclic) bond motifs is 2. The van der Waals surface area contributed by atoms with Crippen LogP contribution in [0, 0.1) is 5.92 Å². The second kappa shape index (κ2) is 6.56. The molecule has 2 fully saturated rings. The van der Waals surface area contributed by atoms with Crippen molar-refractivity contribution in [1.82, 2.24) is 25.4 Å². The van der Waals surface area contributed by atoms with Gasteiger partial charge in [0.25, 0.3) is 0 Å². The van der Waals surface area contributed by atoms with Crippen LogP contribution in [-0.4, -0.2) is 27.1 Å². The first-order valence-electron chi connectivity index (χ1n) is 9.49. The highest BCUT2D eigenvalue weighted by Crippen LogP contribution is 2.39. The Morgan fingerprint density at radius 2 is 1.89 bits per heavy atom. The lowest BCUT2D eigenvalue weighted by molar-refractivity contribution is -0.137. The summed E-state index contributed by atoms with van der Waals surface area (Å²) in [5.74, 6) is 1.21. The van der Waals surface area contributed by atoms with E-state index in [4.69, 9.17) is 4.98 Å². The Morgan fingerprint density at radius 3 is 2.68 bits per heavy atom. The summed E-state index contributed by atoms with van der Waals surface area (Å²) in [7, 11) is 0. The molecule has 0 amide bonds. The zero-order valence-corrected chi connectivity index (χ0v) is 15.1. The number of pyridine rings is 1. The van der Waals surface area contributed by atoms with Crippen LogP contribution in [0.15, 0.2) is 42.6 Å². The molecule has 146 valence electrons. The van der Waals surface area contributed by atoms with Gasteiger partial charge in [0.1, 0.15) is 11.3 Å². The molecule has 1 aliphatic carbocycles. The molecule has 1 aliphatic heterocycles. The molecular weight excluding hydrogens is 367 g/mol. The number of hydrogen-bond donors (Lipinski definition) is 2. The molecule has 3 atom stereocenters. The molecule has 5 nitrogen and oxygen atoms in total. The lowest BCUT2D eigenvalue weighted by Gasteiger charge is -2.32. The first-order chi connectivity index (χ1) is 13.5. The third kappa shape index (κ3) is 2.97. The molecule has 1 saturated heterocycles. The van der Waals surface area contributed by atoms with Gasteiger partial charge in [0.2, 0.25) is 0 Å². The number of hydrazine groups is 1. The Morgan fingerprint density at radius 1 is 1.07 bits per heavy atom. The van der Waals surface area contributed by atoms with Crippen molar-refractivity contribution in [1.29, 1.82) is 0 Å². The second-order valence-corrected chi connectivity index (χ2v) is 7.59. The minimum absolute atomic E-state index is 0.222. The Balaban J connectivity index is 1.58. The summed E-state index contributed by atoms with van der Waals surface area (Å²) in [4.78, 5) is 9.26. The quantitative estimate of drug-likeness (QED) is 0.700. The number of nitrogens with zero attached hydrogens (tertiary/aromatic N) is 3. The van der Waals surface area contributed by atoms with Crippen molar-refractivity contribution in [3.05, 3.63) is 48.2 Å². The number of alkyl halides is 3. The monoisotopic (exact) mass is 387 g/mol. The van der Waals surface area contributed by atoms with Crippen LogP contribution in [0.1, 0.15) is 30.9 Å². The number of imidazole rings is 1. The number of hydrogen-bond acceptors (Lipinski definition) is 4. The van der Waals surface area contributed by atoms with E-state index in [1.807, 2.05) is 12.1 Å². The van der Waals surface area contributed by atoms with Crippen LogP contribution in [-0.2, 0) is 6.18 Å². The molecule has 2 aliphatic rings. The Kier molecular flexibility index (Phi) is 4.13. The van der Waals surface area contributed by atoms with Crippen LogP contribution >= 0.6 is 0 Å². The van der Waals surface area contributed by atoms with E-state index >= 15 is 0 Å². The summed E-state index contributed by atoms with van der Waals surface area (Å²) in [5.41, 5.74) is 8.15. The van der Waals surface area contributed by atoms with Crippen molar-refractivity contribution in [2.24, 2.45) is 5.92 Å². The molecule has 2 aromatic heterocycles. The largest absolute Gasteiger partial charge is 0.416 e. The zero-order valence-electron chi connectivity index (χ0n) is 15.1. The van der Waals surface area contributed by atoms with Crippen LogP contribution in [0.3, 0.4) is 0 Å². The first kappa shape index (κ1) is 17.6. The second-order valence-electron chi connectivity index (χ2n) is 7.59. The lowest BCUT2D eigenvalue weighted by Crippen LogP contribution is -2.36. The fourth-order valence-corrected chi connectivity index (χ4v) is 4.50.